The van der Waals surface area contributed by atoms with E-state index in [0.29, 0.717) is 12.1 Å². The van der Waals surface area contributed by atoms with Gasteiger partial charge < -0.3 is 15.1 Å². The Labute approximate surface area is 123 Å². The van der Waals surface area contributed by atoms with Crippen molar-refractivity contribution in [3.63, 3.8) is 0 Å². The van der Waals surface area contributed by atoms with Crippen molar-refractivity contribution in [1.82, 2.24) is 15.2 Å². The quantitative estimate of drug-likeness (QED) is 0.861. The maximum Gasteiger partial charge on any atom is 0.0397 e. The van der Waals surface area contributed by atoms with E-state index in [4.69, 9.17) is 0 Å². The van der Waals surface area contributed by atoms with Crippen LogP contribution in [0.15, 0.2) is 24.5 Å². The van der Waals surface area contributed by atoms with Crippen molar-refractivity contribution < 1.29 is 0 Å². The topological polar surface area (TPSA) is 31.4 Å². The largest absolute Gasteiger partial charge is 0.371 e. The summed E-state index contributed by atoms with van der Waals surface area (Å²) in [4.78, 5) is 8.93. The highest BCUT2D eigenvalue weighted by atomic mass is 15.2. The lowest BCUT2D eigenvalue weighted by Crippen LogP contribution is -2.45. The maximum absolute atomic E-state index is 4.08. The van der Waals surface area contributed by atoms with Gasteiger partial charge in [-0.25, -0.2) is 0 Å². The molecular weight excluding hydrogens is 248 g/mol. The molecule has 1 fully saturated rings. The van der Waals surface area contributed by atoms with Crippen LogP contribution in [-0.2, 0) is 0 Å². The Bertz CT molecular complexity index is 371. The minimum atomic E-state index is 0.630. The van der Waals surface area contributed by atoms with Crippen LogP contribution in [-0.4, -0.2) is 55.2 Å². The van der Waals surface area contributed by atoms with Crippen molar-refractivity contribution >= 4 is 5.69 Å². The first-order valence-corrected chi connectivity index (χ1v) is 7.75. The van der Waals surface area contributed by atoms with Crippen LogP contribution in [0.2, 0.25) is 0 Å². The van der Waals surface area contributed by atoms with Crippen molar-refractivity contribution in [1.29, 1.82) is 0 Å². The number of hydrogen-bond donors (Lipinski definition) is 1. The summed E-state index contributed by atoms with van der Waals surface area (Å²) in [6, 6.07) is 5.51. The van der Waals surface area contributed by atoms with Gasteiger partial charge in [0.2, 0.25) is 0 Å². The van der Waals surface area contributed by atoms with E-state index in [9.17, 15) is 0 Å². The number of likely N-dealkylation sites (N-methyl/N-ethyl adjacent to an activating group) is 1. The minimum absolute atomic E-state index is 0.630. The Morgan fingerprint density at radius 2 is 1.95 bits per heavy atom. The van der Waals surface area contributed by atoms with Gasteiger partial charge in [0.15, 0.2) is 0 Å². The van der Waals surface area contributed by atoms with Crippen molar-refractivity contribution in [3.05, 3.63) is 24.5 Å². The van der Waals surface area contributed by atoms with E-state index >= 15 is 0 Å². The van der Waals surface area contributed by atoms with Crippen LogP contribution in [0.4, 0.5) is 5.69 Å². The second-order valence-electron chi connectivity index (χ2n) is 6.00. The fraction of sp³-hybridized carbons (Fsp3) is 0.688. The van der Waals surface area contributed by atoms with E-state index < -0.39 is 0 Å². The Morgan fingerprint density at radius 1 is 1.30 bits per heavy atom. The van der Waals surface area contributed by atoms with Gasteiger partial charge in [0.25, 0.3) is 0 Å². The second kappa shape index (κ2) is 7.60. The first-order valence-electron chi connectivity index (χ1n) is 7.75. The molecule has 0 atom stereocenters. The van der Waals surface area contributed by atoms with E-state index in [0.717, 1.165) is 26.2 Å². The number of nitrogens with zero attached hydrogens (tertiary/aromatic N) is 3. The van der Waals surface area contributed by atoms with E-state index in [-0.39, 0.29) is 0 Å². The molecule has 1 N–H and O–H groups in total. The Morgan fingerprint density at radius 3 is 2.55 bits per heavy atom. The number of anilines is 1. The molecule has 0 spiro atoms. The van der Waals surface area contributed by atoms with Crippen LogP contribution in [0, 0.1) is 0 Å². The third-order valence-electron chi connectivity index (χ3n) is 4.30. The molecule has 1 aliphatic rings. The average molecular weight is 276 g/mol. The second-order valence-corrected chi connectivity index (χ2v) is 6.00. The highest BCUT2D eigenvalue weighted by Crippen LogP contribution is 2.18. The van der Waals surface area contributed by atoms with Gasteiger partial charge in [-0.1, -0.05) is 0 Å². The number of hydrogen-bond acceptors (Lipinski definition) is 4. The number of rotatable bonds is 6. The molecular formula is C16H28N4. The zero-order valence-corrected chi connectivity index (χ0v) is 13.0. The van der Waals surface area contributed by atoms with Gasteiger partial charge in [-0.2, -0.15) is 0 Å². The first kappa shape index (κ1) is 15.3. The molecule has 1 aromatic rings. The third kappa shape index (κ3) is 4.46. The molecule has 112 valence electrons. The van der Waals surface area contributed by atoms with E-state index in [2.05, 4.69) is 53.1 Å². The monoisotopic (exact) mass is 276 g/mol. The lowest BCUT2D eigenvalue weighted by atomic mass is 10.0. The van der Waals surface area contributed by atoms with Gasteiger partial charge in [0.05, 0.1) is 0 Å². The van der Waals surface area contributed by atoms with Gasteiger partial charge in [-0.15, -0.1) is 0 Å². The standard InChI is InChI=1S/C16H28N4/c1-14(2)19(3)13-10-18-15-6-11-20(12-7-15)16-4-8-17-9-5-16/h4-5,8-9,14-15,18H,6-7,10-13H2,1-3H3. The molecule has 1 saturated heterocycles. The van der Waals surface area contributed by atoms with E-state index in [1.54, 1.807) is 0 Å². The van der Waals surface area contributed by atoms with Gasteiger partial charge in [-0.3, -0.25) is 4.98 Å². The highest BCUT2D eigenvalue weighted by Gasteiger charge is 2.18. The highest BCUT2D eigenvalue weighted by molar-refractivity contribution is 5.44. The summed E-state index contributed by atoms with van der Waals surface area (Å²) in [5.41, 5.74) is 1.30. The van der Waals surface area contributed by atoms with Crippen LogP contribution < -0.4 is 10.2 Å². The molecule has 4 nitrogen and oxygen atoms in total. The van der Waals surface area contributed by atoms with Crippen molar-refractivity contribution in [2.24, 2.45) is 0 Å². The summed E-state index contributed by atoms with van der Waals surface area (Å²) in [6.07, 6.45) is 6.21. The molecule has 0 amide bonds. The summed E-state index contributed by atoms with van der Waals surface area (Å²) in [5, 5.41) is 3.70. The van der Waals surface area contributed by atoms with Crippen molar-refractivity contribution in [3.8, 4) is 0 Å². The molecule has 0 bridgehead atoms. The summed E-state index contributed by atoms with van der Waals surface area (Å²) < 4.78 is 0. The molecule has 2 heterocycles. The molecule has 0 aromatic carbocycles. The predicted octanol–water partition coefficient (Wildman–Crippen LogP) is 1.98. The third-order valence-corrected chi connectivity index (χ3v) is 4.30. The van der Waals surface area contributed by atoms with Gasteiger partial charge in [0, 0.05) is 56.3 Å². The summed E-state index contributed by atoms with van der Waals surface area (Å²) >= 11 is 0. The molecule has 0 aliphatic carbocycles. The Hall–Kier alpha value is -1.13. The lowest BCUT2D eigenvalue weighted by molar-refractivity contribution is 0.264. The Balaban J connectivity index is 1.67. The van der Waals surface area contributed by atoms with Crippen LogP contribution in [0.5, 0.6) is 0 Å². The molecule has 0 unspecified atom stereocenters. The van der Waals surface area contributed by atoms with Gasteiger partial charge >= 0.3 is 0 Å². The Kier molecular flexibility index (Phi) is 5.80. The smallest absolute Gasteiger partial charge is 0.0397 e. The molecule has 2 rings (SSSR count). The normalized spacial score (nSPS) is 17.1. The summed E-state index contributed by atoms with van der Waals surface area (Å²) in [5.74, 6) is 0. The van der Waals surface area contributed by atoms with Crippen molar-refractivity contribution in [2.45, 2.75) is 38.8 Å². The zero-order valence-electron chi connectivity index (χ0n) is 13.0. The number of aromatic nitrogens is 1. The molecule has 20 heavy (non-hydrogen) atoms. The SMILES string of the molecule is CC(C)N(C)CCNC1CCN(c2ccncc2)CC1. The van der Waals surface area contributed by atoms with E-state index in [1.807, 2.05) is 12.4 Å². The predicted molar refractivity (Wildman–Crippen MR) is 85.2 cm³/mol. The lowest BCUT2D eigenvalue weighted by Gasteiger charge is -2.34. The van der Waals surface area contributed by atoms with Crippen LogP contribution in [0.1, 0.15) is 26.7 Å². The van der Waals surface area contributed by atoms with Crippen LogP contribution in [0.25, 0.3) is 0 Å². The number of piperidine rings is 1. The maximum atomic E-state index is 4.08. The zero-order chi connectivity index (χ0) is 14.4. The molecule has 1 aliphatic heterocycles. The van der Waals surface area contributed by atoms with Gasteiger partial charge in [0.1, 0.15) is 0 Å². The molecule has 0 radical (unpaired) electrons. The van der Waals surface area contributed by atoms with E-state index in [1.165, 1.54) is 18.5 Å². The number of nitrogens with one attached hydrogen (secondary N) is 1. The number of pyridine rings is 1. The fourth-order valence-corrected chi connectivity index (χ4v) is 2.60. The fourth-order valence-electron chi connectivity index (χ4n) is 2.60. The summed E-state index contributed by atoms with van der Waals surface area (Å²) in [6.45, 7) is 8.99. The molecule has 1 aromatic heterocycles. The van der Waals surface area contributed by atoms with Crippen LogP contribution >= 0.6 is 0 Å². The molecule has 4 heteroatoms. The van der Waals surface area contributed by atoms with Crippen molar-refractivity contribution in [2.75, 3.05) is 38.1 Å². The first-order chi connectivity index (χ1) is 9.66. The summed E-state index contributed by atoms with van der Waals surface area (Å²) in [7, 11) is 2.19. The van der Waals surface area contributed by atoms with Gasteiger partial charge in [-0.05, 0) is 45.9 Å². The average Bonchev–Trinajstić information content (AvgIpc) is 2.48. The van der Waals surface area contributed by atoms with Crippen LogP contribution in [0.3, 0.4) is 0 Å². The molecule has 0 saturated carbocycles. The minimum Gasteiger partial charge on any atom is -0.371 e.